The fourth-order valence-electron chi connectivity index (χ4n) is 3.69. The molecule has 4 aromatic rings. The summed E-state index contributed by atoms with van der Waals surface area (Å²) in [6.45, 7) is 0. The maximum absolute atomic E-state index is 13.0. The second kappa shape index (κ2) is 7.99. The molecule has 2 unspecified atom stereocenters. The van der Waals surface area contributed by atoms with Gasteiger partial charge < -0.3 is 15.2 Å². The van der Waals surface area contributed by atoms with Crippen molar-refractivity contribution < 1.29 is 27.8 Å². The van der Waals surface area contributed by atoms with Gasteiger partial charge in [0.05, 0.1) is 11.1 Å². The number of rotatable bonds is 4. The van der Waals surface area contributed by atoms with Crippen LogP contribution in [-0.4, -0.2) is 22.3 Å². The van der Waals surface area contributed by atoms with Gasteiger partial charge in [-0.1, -0.05) is 36.4 Å². The molecule has 0 spiro atoms. The van der Waals surface area contributed by atoms with Crippen LogP contribution < -0.4 is 5.32 Å². The monoisotopic (exact) mass is 450 g/mol. The number of anilines is 1. The highest BCUT2D eigenvalue weighted by Crippen LogP contribution is 2.37. The number of aromatic nitrogens is 1. The number of hydrogen-bond acceptors (Lipinski definition) is 4. The maximum Gasteiger partial charge on any atom is 0.416 e. The molecule has 3 aromatic carbocycles. The second-order valence-corrected chi connectivity index (χ2v) is 7.67. The van der Waals surface area contributed by atoms with Crippen LogP contribution in [0, 0.1) is 0 Å². The van der Waals surface area contributed by atoms with Crippen LogP contribution in [-0.2, 0) is 10.9 Å². The number of hydrogen-bond donors (Lipinski definition) is 2. The average molecular weight is 450 g/mol. The van der Waals surface area contributed by atoms with E-state index in [9.17, 15) is 23.1 Å². The normalized spacial score (nSPS) is 17.7. The number of halogens is 3. The molecule has 166 valence electrons. The van der Waals surface area contributed by atoms with Crippen LogP contribution in [0.25, 0.3) is 22.0 Å². The topological polar surface area (TPSA) is 74.8 Å². The Morgan fingerprint density at radius 2 is 1.70 bits per heavy atom. The van der Waals surface area contributed by atoms with Crippen molar-refractivity contribution in [3.05, 3.63) is 95.6 Å². The molecule has 33 heavy (non-hydrogen) atoms. The SMILES string of the molecule is O=C(Nc1ccc2cc(C3OC3O)ccc2n1)c1ccccc1-c1ccc(C(F)(F)F)cc1. The lowest BCUT2D eigenvalue weighted by Crippen LogP contribution is -2.14. The number of pyridine rings is 1. The minimum absolute atomic E-state index is 0.314. The fraction of sp³-hybridized carbons (Fsp3) is 0.120. The van der Waals surface area contributed by atoms with Crippen LogP contribution in [0.2, 0.25) is 0 Å². The molecule has 0 saturated carbocycles. The van der Waals surface area contributed by atoms with Crippen LogP contribution in [0.4, 0.5) is 19.0 Å². The number of fused-ring (bicyclic) bond motifs is 1. The number of aliphatic hydroxyl groups is 1. The van der Waals surface area contributed by atoms with E-state index in [0.29, 0.717) is 28.0 Å². The van der Waals surface area contributed by atoms with Crippen molar-refractivity contribution in [2.75, 3.05) is 5.32 Å². The third kappa shape index (κ3) is 4.30. The lowest BCUT2D eigenvalue weighted by Gasteiger charge is -2.12. The van der Waals surface area contributed by atoms with Gasteiger partial charge in [-0.3, -0.25) is 4.79 Å². The van der Waals surface area contributed by atoms with Crippen molar-refractivity contribution in [3.63, 3.8) is 0 Å². The average Bonchev–Trinajstić information content (AvgIpc) is 3.54. The van der Waals surface area contributed by atoms with Crippen LogP contribution in [0.1, 0.15) is 27.6 Å². The predicted molar refractivity (Wildman–Crippen MR) is 116 cm³/mol. The van der Waals surface area contributed by atoms with E-state index >= 15 is 0 Å². The quantitative estimate of drug-likeness (QED) is 0.399. The Bertz CT molecular complexity index is 1350. The Hall–Kier alpha value is -3.75. The maximum atomic E-state index is 13.0. The van der Waals surface area contributed by atoms with Crippen molar-refractivity contribution in [1.82, 2.24) is 4.98 Å². The molecule has 1 aliphatic rings. The predicted octanol–water partition coefficient (Wildman–Crippen LogP) is 5.56. The molecule has 1 saturated heterocycles. The van der Waals surface area contributed by atoms with E-state index in [1.165, 1.54) is 12.1 Å². The van der Waals surface area contributed by atoms with Crippen LogP contribution in [0.15, 0.2) is 78.9 Å². The number of amides is 1. The van der Waals surface area contributed by atoms with Gasteiger partial charge in [-0.15, -0.1) is 0 Å². The summed E-state index contributed by atoms with van der Waals surface area (Å²) in [7, 11) is 0. The standard InChI is InChI=1S/C25H17F3N2O3/c26-25(27,28)17-9-5-14(6-10-17)18-3-1-2-4-19(18)23(31)30-21-12-8-15-13-16(22-24(32)33-22)7-11-20(15)29-21/h1-13,22,24,32H,(H,29,30,31). The Balaban J connectivity index is 1.39. The zero-order valence-corrected chi connectivity index (χ0v) is 17.0. The molecular weight excluding hydrogens is 433 g/mol. The number of ether oxygens (including phenoxy) is 1. The molecule has 2 N–H and O–H groups in total. The fourth-order valence-corrected chi connectivity index (χ4v) is 3.69. The van der Waals surface area contributed by atoms with Gasteiger partial charge in [-0.25, -0.2) is 4.98 Å². The number of epoxide rings is 1. The van der Waals surface area contributed by atoms with Gasteiger partial charge in [0, 0.05) is 10.9 Å². The highest BCUT2D eigenvalue weighted by Gasteiger charge is 2.38. The van der Waals surface area contributed by atoms with Crippen LogP contribution in [0.3, 0.4) is 0 Å². The van der Waals surface area contributed by atoms with Gasteiger partial charge in [0.15, 0.2) is 6.29 Å². The summed E-state index contributed by atoms with van der Waals surface area (Å²) in [5.74, 6) is -0.0892. The number of nitrogens with one attached hydrogen (secondary N) is 1. The van der Waals surface area contributed by atoms with Crippen molar-refractivity contribution in [2.45, 2.75) is 18.6 Å². The zero-order valence-electron chi connectivity index (χ0n) is 17.0. The smallest absolute Gasteiger partial charge is 0.366 e. The van der Waals surface area contributed by atoms with Crippen molar-refractivity contribution in [1.29, 1.82) is 0 Å². The number of carbonyl (C=O) groups is 1. The van der Waals surface area contributed by atoms with Crippen molar-refractivity contribution in [2.24, 2.45) is 0 Å². The van der Waals surface area contributed by atoms with Gasteiger partial charge >= 0.3 is 6.18 Å². The first-order chi connectivity index (χ1) is 15.8. The molecule has 5 nitrogen and oxygen atoms in total. The molecule has 1 fully saturated rings. The van der Waals surface area contributed by atoms with Crippen LogP contribution >= 0.6 is 0 Å². The van der Waals surface area contributed by atoms with Crippen molar-refractivity contribution in [3.8, 4) is 11.1 Å². The molecule has 8 heteroatoms. The molecule has 1 amide bonds. The number of aliphatic hydroxyl groups excluding tert-OH is 1. The van der Waals surface area contributed by atoms with Gasteiger partial charge in [-0.05, 0) is 59.2 Å². The minimum atomic E-state index is -4.43. The molecule has 1 aromatic heterocycles. The van der Waals surface area contributed by atoms with E-state index in [-0.39, 0.29) is 6.10 Å². The first kappa shape index (κ1) is 21.1. The van der Waals surface area contributed by atoms with Gasteiger partial charge in [-0.2, -0.15) is 13.2 Å². The zero-order chi connectivity index (χ0) is 23.2. The molecular formula is C25H17F3N2O3. The van der Waals surface area contributed by atoms with E-state index < -0.39 is 23.9 Å². The van der Waals surface area contributed by atoms with Gasteiger partial charge in [0.2, 0.25) is 0 Å². The highest BCUT2D eigenvalue weighted by molar-refractivity contribution is 6.08. The number of carbonyl (C=O) groups excluding carboxylic acids is 1. The third-order valence-electron chi connectivity index (χ3n) is 5.45. The summed E-state index contributed by atoms with van der Waals surface area (Å²) in [5.41, 5.74) is 2.07. The highest BCUT2D eigenvalue weighted by atomic mass is 19.4. The number of benzene rings is 3. The molecule has 0 radical (unpaired) electrons. The van der Waals surface area contributed by atoms with Crippen molar-refractivity contribution >= 4 is 22.6 Å². The van der Waals surface area contributed by atoms with Crippen LogP contribution in [0.5, 0.6) is 0 Å². The van der Waals surface area contributed by atoms with Gasteiger partial charge in [0.25, 0.3) is 5.91 Å². The third-order valence-corrected chi connectivity index (χ3v) is 5.45. The van der Waals surface area contributed by atoms with E-state index in [1.807, 2.05) is 12.1 Å². The molecule has 5 rings (SSSR count). The lowest BCUT2D eigenvalue weighted by atomic mass is 9.98. The summed E-state index contributed by atoms with van der Waals surface area (Å²) >= 11 is 0. The summed E-state index contributed by atoms with van der Waals surface area (Å²) in [5, 5.41) is 13.0. The summed E-state index contributed by atoms with van der Waals surface area (Å²) in [6.07, 6.45) is -5.53. The molecule has 0 aliphatic carbocycles. The Kier molecular flexibility index (Phi) is 5.11. The molecule has 1 aliphatic heterocycles. The first-order valence-corrected chi connectivity index (χ1v) is 10.1. The van der Waals surface area contributed by atoms with E-state index in [2.05, 4.69) is 10.3 Å². The first-order valence-electron chi connectivity index (χ1n) is 10.1. The number of alkyl halides is 3. The Morgan fingerprint density at radius 1 is 0.970 bits per heavy atom. The molecule has 2 atom stereocenters. The number of nitrogens with zero attached hydrogens (tertiary/aromatic N) is 1. The minimum Gasteiger partial charge on any atom is -0.366 e. The van der Waals surface area contributed by atoms with E-state index in [0.717, 1.165) is 23.1 Å². The lowest BCUT2D eigenvalue weighted by molar-refractivity contribution is -0.137. The largest absolute Gasteiger partial charge is 0.416 e. The summed E-state index contributed by atoms with van der Waals surface area (Å²) in [6, 6.07) is 20.3. The van der Waals surface area contributed by atoms with E-state index in [1.54, 1.807) is 42.5 Å². The summed E-state index contributed by atoms with van der Waals surface area (Å²) < 4.78 is 43.7. The van der Waals surface area contributed by atoms with Gasteiger partial charge in [0.1, 0.15) is 11.9 Å². The van der Waals surface area contributed by atoms with E-state index in [4.69, 9.17) is 4.74 Å². The Labute approximate surface area is 186 Å². The molecule has 0 bridgehead atoms. The Morgan fingerprint density at radius 3 is 2.39 bits per heavy atom. The molecule has 2 heterocycles. The second-order valence-electron chi connectivity index (χ2n) is 7.67. The summed E-state index contributed by atoms with van der Waals surface area (Å²) in [4.78, 5) is 17.4.